The Bertz CT molecular complexity index is 369. The predicted molar refractivity (Wildman–Crippen MR) is 67.2 cm³/mol. The first-order valence-corrected chi connectivity index (χ1v) is 5.67. The van der Waals surface area contributed by atoms with Crippen LogP contribution in [0.25, 0.3) is 0 Å². The van der Waals surface area contributed by atoms with Crippen LogP contribution in [-0.4, -0.2) is 37.2 Å². The molecule has 0 aromatic carbocycles. The SMILES string of the molecule is CCNc1cnccc1C(=O)NCC(C)OC. The zero-order valence-corrected chi connectivity index (χ0v) is 10.5. The second-order valence-electron chi connectivity index (χ2n) is 3.71. The van der Waals surface area contributed by atoms with E-state index in [9.17, 15) is 4.79 Å². The van der Waals surface area contributed by atoms with Gasteiger partial charge in [0.05, 0.1) is 23.6 Å². The monoisotopic (exact) mass is 237 g/mol. The van der Waals surface area contributed by atoms with Gasteiger partial charge in [0.25, 0.3) is 5.91 Å². The molecule has 0 aliphatic rings. The average molecular weight is 237 g/mol. The summed E-state index contributed by atoms with van der Waals surface area (Å²) in [6.45, 7) is 5.11. The van der Waals surface area contributed by atoms with Crippen LogP contribution in [0.15, 0.2) is 18.5 Å². The fraction of sp³-hybridized carbons (Fsp3) is 0.500. The van der Waals surface area contributed by atoms with Crippen LogP contribution in [0, 0.1) is 0 Å². The van der Waals surface area contributed by atoms with Crippen molar-refractivity contribution >= 4 is 11.6 Å². The van der Waals surface area contributed by atoms with Crippen LogP contribution in [0.3, 0.4) is 0 Å². The van der Waals surface area contributed by atoms with Crippen LogP contribution >= 0.6 is 0 Å². The van der Waals surface area contributed by atoms with E-state index in [4.69, 9.17) is 4.74 Å². The number of ether oxygens (including phenoxy) is 1. The van der Waals surface area contributed by atoms with E-state index in [-0.39, 0.29) is 12.0 Å². The molecule has 2 N–H and O–H groups in total. The summed E-state index contributed by atoms with van der Waals surface area (Å²) in [5.74, 6) is -0.118. The summed E-state index contributed by atoms with van der Waals surface area (Å²) >= 11 is 0. The quantitative estimate of drug-likeness (QED) is 0.782. The van der Waals surface area contributed by atoms with Crippen LogP contribution < -0.4 is 10.6 Å². The van der Waals surface area contributed by atoms with Crippen molar-refractivity contribution in [3.8, 4) is 0 Å². The maximum atomic E-state index is 11.9. The van der Waals surface area contributed by atoms with E-state index in [1.165, 1.54) is 0 Å². The number of nitrogens with zero attached hydrogens (tertiary/aromatic N) is 1. The smallest absolute Gasteiger partial charge is 0.253 e. The molecular formula is C12H19N3O2. The molecule has 1 rings (SSSR count). The zero-order valence-electron chi connectivity index (χ0n) is 10.5. The van der Waals surface area contributed by atoms with Gasteiger partial charge in [-0.15, -0.1) is 0 Å². The Morgan fingerprint density at radius 1 is 1.59 bits per heavy atom. The summed E-state index contributed by atoms with van der Waals surface area (Å²) in [6, 6.07) is 1.70. The molecule has 0 bridgehead atoms. The van der Waals surface area contributed by atoms with Crippen LogP contribution in [0.2, 0.25) is 0 Å². The molecule has 0 aliphatic carbocycles. The van der Waals surface area contributed by atoms with Crippen molar-refractivity contribution in [2.24, 2.45) is 0 Å². The topological polar surface area (TPSA) is 63.2 Å². The highest BCUT2D eigenvalue weighted by Gasteiger charge is 2.11. The van der Waals surface area contributed by atoms with Crippen molar-refractivity contribution in [2.75, 3.05) is 25.5 Å². The van der Waals surface area contributed by atoms with Crippen LogP contribution in [0.1, 0.15) is 24.2 Å². The number of aromatic nitrogens is 1. The third-order valence-corrected chi connectivity index (χ3v) is 2.39. The second-order valence-corrected chi connectivity index (χ2v) is 3.71. The lowest BCUT2D eigenvalue weighted by Crippen LogP contribution is -2.32. The maximum absolute atomic E-state index is 11.9. The molecule has 1 unspecified atom stereocenters. The molecule has 0 saturated heterocycles. The molecular weight excluding hydrogens is 218 g/mol. The van der Waals surface area contributed by atoms with Crippen molar-refractivity contribution in [3.63, 3.8) is 0 Å². The van der Waals surface area contributed by atoms with Gasteiger partial charge in [-0.1, -0.05) is 0 Å². The molecule has 1 aromatic rings. The molecule has 0 radical (unpaired) electrons. The first-order valence-electron chi connectivity index (χ1n) is 5.67. The Morgan fingerprint density at radius 3 is 3.00 bits per heavy atom. The molecule has 94 valence electrons. The number of carbonyl (C=O) groups excluding carboxylic acids is 1. The number of nitrogens with one attached hydrogen (secondary N) is 2. The highest BCUT2D eigenvalue weighted by Crippen LogP contribution is 2.12. The lowest BCUT2D eigenvalue weighted by atomic mass is 10.2. The van der Waals surface area contributed by atoms with Crippen molar-refractivity contribution in [1.82, 2.24) is 10.3 Å². The number of hydrogen-bond donors (Lipinski definition) is 2. The van der Waals surface area contributed by atoms with E-state index in [2.05, 4.69) is 15.6 Å². The zero-order chi connectivity index (χ0) is 12.7. The fourth-order valence-corrected chi connectivity index (χ4v) is 1.34. The van der Waals surface area contributed by atoms with Gasteiger partial charge in [-0.05, 0) is 19.9 Å². The number of carbonyl (C=O) groups is 1. The largest absolute Gasteiger partial charge is 0.383 e. The molecule has 0 fully saturated rings. The van der Waals surface area contributed by atoms with Crippen molar-refractivity contribution in [3.05, 3.63) is 24.0 Å². The Kier molecular flexibility index (Phi) is 5.42. The highest BCUT2D eigenvalue weighted by molar-refractivity contribution is 5.99. The van der Waals surface area contributed by atoms with Crippen LogP contribution in [0.4, 0.5) is 5.69 Å². The summed E-state index contributed by atoms with van der Waals surface area (Å²) in [5, 5.41) is 5.92. The van der Waals surface area contributed by atoms with E-state index in [0.29, 0.717) is 12.1 Å². The van der Waals surface area contributed by atoms with Gasteiger partial charge in [0.15, 0.2) is 0 Å². The molecule has 1 heterocycles. The van der Waals surface area contributed by atoms with E-state index in [1.54, 1.807) is 25.6 Å². The van der Waals surface area contributed by atoms with Gasteiger partial charge < -0.3 is 15.4 Å². The molecule has 5 heteroatoms. The van der Waals surface area contributed by atoms with Gasteiger partial charge in [-0.3, -0.25) is 9.78 Å². The van der Waals surface area contributed by atoms with Crippen molar-refractivity contribution in [1.29, 1.82) is 0 Å². The Hall–Kier alpha value is -1.62. The minimum Gasteiger partial charge on any atom is -0.383 e. The lowest BCUT2D eigenvalue weighted by molar-refractivity contribution is 0.0871. The molecule has 17 heavy (non-hydrogen) atoms. The number of pyridine rings is 1. The molecule has 0 aliphatic heterocycles. The minimum atomic E-state index is -0.118. The van der Waals surface area contributed by atoms with Crippen molar-refractivity contribution in [2.45, 2.75) is 20.0 Å². The molecule has 0 saturated carbocycles. The maximum Gasteiger partial charge on any atom is 0.253 e. The van der Waals surface area contributed by atoms with Gasteiger partial charge >= 0.3 is 0 Å². The van der Waals surface area contributed by atoms with Crippen LogP contribution in [0.5, 0.6) is 0 Å². The van der Waals surface area contributed by atoms with Gasteiger partial charge in [-0.2, -0.15) is 0 Å². The molecule has 1 aromatic heterocycles. The number of methoxy groups -OCH3 is 1. The predicted octanol–water partition coefficient (Wildman–Crippen LogP) is 1.28. The van der Waals surface area contributed by atoms with Gasteiger partial charge in [0, 0.05) is 26.4 Å². The summed E-state index contributed by atoms with van der Waals surface area (Å²) < 4.78 is 5.07. The number of anilines is 1. The number of hydrogen-bond acceptors (Lipinski definition) is 4. The Morgan fingerprint density at radius 2 is 2.35 bits per heavy atom. The third kappa shape index (κ3) is 4.03. The lowest BCUT2D eigenvalue weighted by Gasteiger charge is -2.13. The number of rotatable bonds is 6. The van der Waals surface area contributed by atoms with Gasteiger partial charge in [0.2, 0.25) is 0 Å². The Labute approximate surface area is 102 Å². The van der Waals surface area contributed by atoms with Crippen LogP contribution in [-0.2, 0) is 4.74 Å². The van der Waals surface area contributed by atoms with E-state index in [1.807, 2.05) is 13.8 Å². The van der Waals surface area contributed by atoms with E-state index in [0.717, 1.165) is 12.2 Å². The molecule has 0 spiro atoms. The summed E-state index contributed by atoms with van der Waals surface area (Å²) in [6.07, 6.45) is 3.26. The van der Waals surface area contributed by atoms with E-state index >= 15 is 0 Å². The first kappa shape index (κ1) is 13.4. The summed E-state index contributed by atoms with van der Waals surface area (Å²) in [7, 11) is 1.62. The second kappa shape index (κ2) is 6.85. The van der Waals surface area contributed by atoms with Gasteiger partial charge in [-0.25, -0.2) is 0 Å². The highest BCUT2D eigenvalue weighted by atomic mass is 16.5. The Balaban J connectivity index is 2.67. The van der Waals surface area contributed by atoms with Gasteiger partial charge in [0.1, 0.15) is 0 Å². The molecule has 5 nitrogen and oxygen atoms in total. The van der Waals surface area contributed by atoms with E-state index < -0.39 is 0 Å². The first-order chi connectivity index (χ1) is 8.19. The van der Waals surface area contributed by atoms with Crippen molar-refractivity contribution < 1.29 is 9.53 Å². The summed E-state index contributed by atoms with van der Waals surface area (Å²) in [5.41, 5.74) is 1.35. The fourth-order valence-electron chi connectivity index (χ4n) is 1.34. The molecule has 1 atom stereocenters. The normalized spacial score (nSPS) is 11.9. The minimum absolute atomic E-state index is 0.00312. The summed E-state index contributed by atoms with van der Waals surface area (Å²) in [4.78, 5) is 15.9. The number of amides is 1. The molecule has 1 amide bonds. The average Bonchev–Trinajstić information content (AvgIpc) is 2.36. The standard InChI is InChI=1S/C12H19N3O2/c1-4-14-11-8-13-6-5-10(11)12(16)15-7-9(2)17-3/h5-6,8-9,14H,4,7H2,1-3H3,(H,15,16). The third-order valence-electron chi connectivity index (χ3n) is 2.39.